The molecule has 1 aromatic carbocycles. The number of hydrogen-bond donors (Lipinski definition) is 1. The molecule has 22 heavy (non-hydrogen) atoms. The van der Waals surface area contributed by atoms with Gasteiger partial charge >= 0.3 is 0 Å². The highest BCUT2D eigenvalue weighted by Gasteiger charge is 2.33. The number of hydrogen-bond acceptors (Lipinski definition) is 3. The Hall–Kier alpha value is -2.48. The van der Waals surface area contributed by atoms with Crippen LogP contribution in [0.15, 0.2) is 18.2 Å². The molecule has 0 radical (unpaired) electrons. The van der Waals surface area contributed by atoms with Crippen molar-refractivity contribution in [1.82, 2.24) is 4.90 Å². The lowest BCUT2D eigenvalue weighted by Crippen LogP contribution is -2.42. The maximum Gasteiger partial charge on any atom is 0.299 e. The van der Waals surface area contributed by atoms with Gasteiger partial charge < -0.3 is 15.0 Å². The van der Waals surface area contributed by atoms with Crippen LogP contribution < -0.4 is 10.1 Å². The van der Waals surface area contributed by atoms with Gasteiger partial charge in [-0.25, -0.2) is 0 Å². The van der Waals surface area contributed by atoms with Crippen LogP contribution in [0.3, 0.4) is 0 Å². The van der Waals surface area contributed by atoms with Gasteiger partial charge in [0.2, 0.25) is 5.91 Å². The number of carbonyl (C=O) groups is 2. The normalized spacial score (nSPS) is 16.7. The number of ether oxygens (including phenoxy) is 1. The minimum atomic E-state index is -0.474. The summed E-state index contributed by atoms with van der Waals surface area (Å²) in [6.07, 6.45) is 1.46. The summed E-state index contributed by atoms with van der Waals surface area (Å²) in [4.78, 5) is 26.0. The van der Waals surface area contributed by atoms with E-state index in [9.17, 15) is 9.59 Å². The molecule has 1 saturated heterocycles. The fraction of sp³-hybridized carbons (Fsp3) is 0.412. The quantitative estimate of drug-likeness (QED) is 0.868. The molecule has 0 bridgehead atoms. The summed E-state index contributed by atoms with van der Waals surface area (Å²) in [7, 11) is 1.56. The van der Waals surface area contributed by atoms with E-state index < -0.39 is 6.04 Å². The molecule has 1 heterocycles. The van der Waals surface area contributed by atoms with Gasteiger partial charge in [0.1, 0.15) is 11.8 Å². The smallest absolute Gasteiger partial charge is 0.299 e. The van der Waals surface area contributed by atoms with Gasteiger partial charge in [0.15, 0.2) is 0 Å². The molecule has 0 spiro atoms. The number of nitrogens with one attached hydrogen (secondary N) is 1. The summed E-state index contributed by atoms with van der Waals surface area (Å²) in [5.74, 6) is 5.19. The molecule has 1 aromatic rings. The number of likely N-dealkylation sites (tertiary alicyclic amines) is 1. The molecule has 1 unspecified atom stereocenters. The lowest BCUT2D eigenvalue weighted by atomic mass is 10.1. The first-order valence-electron chi connectivity index (χ1n) is 7.25. The van der Waals surface area contributed by atoms with Gasteiger partial charge in [-0.3, -0.25) is 9.59 Å². The minimum Gasteiger partial charge on any atom is -0.495 e. The number of rotatable bonds is 3. The van der Waals surface area contributed by atoms with E-state index in [4.69, 9.17) is 4.74 Å². The maximum absolute atomic E-state index is 12.5. The maximum atomic E-state index is 12.5. The summed E-state index contributed by atoms with van der Waals surface area (Å²) >= 11 is 0. The van der Waals surface area contributed by atoms with Gasteiger partial charge in [-0.05, 0) is 50.3 Å². The second-order valence-corrected chi connectivity index (χ2v) is 5.22. The van der Waals surface area contributed by atoms with Crippen LogP contribution in [0.1, 0.15) is 25.3 Å². The first kappa shape index (κ1) is 15.9. The second-order valence-electron chi connectivity index (χ2n) is 5.22. The van der Waals surface area contributed by atoms with Crippen molar-refractivity contribution < 1.29 is 14.3 Å². The van der Waals surface area contributed by atoms with E-state index in [1.807, 2.05) is 25.1 Å². The molecule has 1 aliphatic heterocycles. The van der Waals surface area contributed by atoms with E-state index in [0.717, 1.165) is 12.0 Å². The number of benzene rings is 1. The monoisotopic (exact) mass is 300 g/mol. The Labute approximate surface area is 130 Å². The van der Waals surface area contributed by atoms with Crippen molar-refractivity contribution in [2.45, 2.75) is 32.7 Å². The Morgan fingerprint density at radius 1 is 1.41 bits per heavy atom. The molecule has 0 aromatic heterocycles. The molecule has 1 atom stereocenters. The largest absolute Gasteiger partial charge is 0.495 e. The average molecular weight is 300 g/mol. The molecule has 5 nitrogen and oxygen atoms in total. The number of methoxy groups -OCH3 is 1. The van der Waals surface area contributed by atoms with Crippen LogP contribution in [0.4, 0.5) is 5.69 Å². The van der Waals surface area contributed by atoms with Crippen LogP contribution in [-0.4, -0.2) is 36.4 Å². The molecule has 1 fully saturated rings. The van der Waals surface area contributed by atoms with E-state index in [2.05, 4.69) is 17.2 Å². The number of anilines is 1. The van der Waals surface area contributed by atoms with Gasteiger partial charge in [-0.2, -0.15) is 0 Å². The zero-order chi connectivity index (χ0) is 16.1. The van der Waals surface area contributed by atoms with Crippen molar-refractivity contribution in [1.29, 1.82) is 0 Å². The number of nitrogens with zero attached hydrogens (tertiary/aromatic N) is 1. The van der Waals surface area contributed by atoms with Crippen molar-refractivity contribution in [2.75, 3.05) is 19.0 Å². The molecule has 5 heteroatoms. The van der Waals surface area contributed by atoms with E-state index in [-0.39, 0.29) is 11.8 Å². The third-order valence-corrected chi connectivity index (χ3v) is 3.66. The topological polar surface area (TPSA) is 58.6 Å². The van der Waals surface area contributed by atoms with E-state index in [1.165, 1.54) is 4.90 Å². The van der Waals surface area contributed by atoms with Crippen LogP contribution in [-0.2, 0) is 9.59 Å². The Bertz CT molecular complexity index is 643. The standard InChI is InChI=1S/C17H20N2O3/c1-4-6-16(20)19-10-5-7-14(19)17(21)18-13-11-12(2)8-9-15(13)22-3/h8-9,11,14H,5,7,10H2,1-3H3,(H,18,21). The molecule has 116 valence electrons. The average Bonchev–Trinajstić information content (AvgIpc) is 2.97. The lowest BCUT2D eigenvalue weighted by Gasteiger charge is -2.22. The van der Waals surface area contributed by atoms with Gasteiger partial charge in [0.05, 0.1) is 12.8 Å². The van der Waals surface area contributed by atoms with Crippen molar-refractivity contribution in [3.05, 3.63) is 23.8 Å². The predicted octanol–water partition coefficient (Wildman–Crippen LogP) is 1.96. The van der Waals surface area contributed by atoms with Crippen LogP contribution in [0, 0.1) is 18.8 Å². The molecule has 0 saturated carbocycles. The third-order valence-electron chi connectivity index (χ3n) is 3.66. The van der Waals surface area contributed by atoms with Gasteiger partial charge in [0, 0.05) is 6.54 Å². The Kier molecular flexibility index (Phi) is 5.05. The van der Waals surface area contributed by atoms with Gasteiger partial charge in [-0.1, -0.05) is 12.0 Å². The zero-order valence-electron chi connectivity index (χ0n) is 13.1. The molecule has 1 N–H and O–H groups in total. The molecule has 2 rings (SSSR count). The first-order valence-corrected chi connectivity index (χ1v) is 7.25. The Morgan fingerprint density at radius 2 is 2.18 bits per heavy atom. The zero-order valence-corrected chi connectivity index (χ0v) is 13.1. The van der Waals surface area contributed by atoms with Crippen molar-refractivity contribution >= 4 is 17.5 Å². The fourth-order valence-corrected chi connectivity index (χ4v) is 2.60. The highest BCUT2D eigenvalue weighted by Crippen LogP contribution is 2.27. The highest BCUT2D eigenvalue weighted by atomic mass is 16.5. The minimum absolute atomic E-state index is 0.201. The molecular formula is C17H20N2O3. The predicted molar refractivity (Wildman–Crippen MR) is 84.5 cm³/mol. The first-order chi connectivity index (χ1) is 10.6. The van der Waals surface area contributed by atoms with Gasteiger partial charge in [-0.15, -0.1) is 0 Å². The van der Waals surface area contributed by atoms with Gasteiger partial charge in [0.25, 0.3) is 5.91 Å². The lowest BCUT2D eigenvalue weighted by molar-refractivity contribution is -0.132. The number of aryl methyl sites for hydroxylation is 1. The molecule has 2 amide bonds. The summed E-state index contributed by atoms with van der Waals surface area (Å²) < 4.78 is 5.26. The third kappa shape index (κ3) is 3.40. The van der Waals surface area contributed by atoms with Crippen LogP contribution in [0.5, 0.6) is 5.75 Å². The summed E-state index contributed by atoms with van der Waals surface area (Å²) in [6.45, 7) is 4.12. The van der Waals surface area contributed by atoms with E-state index >= 15 is 0 Å². The second kappa shape index (κ2) is 6.99. The number of amides is 2. The SMILES string of the molecule is CC#CC(=O)N1CCCC1C(=O)Nc1cc(C)ccc1OC. The van der Waals surface area contributed by atoms with Crippen LogP contribution in [0.2, 0.25) is 0 Å². The van der Waals surface area contributed by atoms with E-state index in [1.54, 1.807) is 14.0 Å². The highest BCUT2D eigenvalue weighted by molar-refractivity contribution is 6.01. The molecule has 0 aliphatic carbocycles. The number of carbonyl (C=O) groups excluding carboxylic acids is 2. The van der Waals surface area contributed by atoms with Crippen LogP contribution in [0.25, 0.3) is 0 Å². The summed E-state index contributed by atoms with van der Waals surface area (Å²) in [5.41, 5.74) is 1.64. The molecular weight excluding hydrogens is 280 g/mol. The molecule has 1 aliphatic rings. The van der Waals surface area contributed by atoms with E-state index in [0.29, 0.717) is 24.4 Å². The van der Waals surface area contributed by atoms with Crippen molar-refractivity contribution in [3.8, 4) is 17.6 Å². The fourth-order valence-electron chi connectivity index (χ4n) is 2.60. The Morgan fingerprint density at radius 3 is 2.86 bits per heavy atom. The van der Waals surface area contributed by atoms with Crippen molar-refractivity contribution in [2.24, 2.45) is 0 Å². The Balaban J connectivity index is 2.16. The summed E-state index contributed by atoms with van der Waals surface area (Å²) in [6, 6.07) is 5.10. The summed E-state index contributed by atoms with van der Waals surface area (Å²) in [5, 5.41) is 2.87. The van der Waals surface area contributed by atoms with Crippen molar-refractivity contribution in [3.63, 3.8) is 0 Å². The van der Waals surface area contributed by atoms with Crippen LogP contribution >= 0.6 is 0 Å².